The molecule has 4 unspecified atom stereocenters. The summed E-state index contributed by atoms with van der Waals surface area (Å²) in [6, 6.07) is 3.93. The molecular weight excluding hydrogens is 488 g/mol. The molecule has 4 amide bonds. The number of nitrogens with zero attached hydrogens (tertiary/aromatic N) is 1. The van der Waals surface area contributed by atoms with E-state index in [1.54, 1.807) is 32.9 Å². The maximum Gasteiger partial charge on any atom is 0.408 e. The Morgan fingerprint density at radius 1 is 1.16 bits per heavy atom. The highest BCUT2D eigenvalue weighted by molar-refractivity contribution is 5.93. The smallest absolute Gasteiger partial charge is 0.408 e. The van der Waals surface area contributed by atoms with Crippen molar-refractivity contribution < 1.29 is 29.0 Å². The van der Waals surface area contributed by atoms with Gasteiger partial charge >= 0.3 is 6.09 Å². The summed E-state index contributed by atoms with van der Waals surface area (Å²) in [5, 5.41) is 15.9. The molecule has 5 N–H and O–H groups in total. The van der Waals surface area contributed by atoms with Gasteiger partial charge in [0.15, 0.2) is 0 Å². The molecule has 1 aromatic carbocycles. The van der Waals surface area contributed by atoms with Gasteiger partial charge in [0.05, 0.1) is 0 Å². The van der Waals surface area contributed by atoms with Gasteiger partial charge in [-0.2, -0.15) is 0 Å². The summed E-state index contributed by atoms with van der Waals surface area (Å²) >= 11 is 0. The fraction of sp³-hybridized carbons (Fsp3) is 0.643. The van der Waals surface area contributed by atoms with Crippen molar-refractivity contribution in [1.82, 2.24) is 15.5 Å². The number of hydrogen-bond acceptors (Lipinski definition) is 6. The van der Waals surface area contributed by atoms with Gasteiger partial charge in [0, 0.05) is 18.5 Å². The lowest BCUT2D eigenvalue weighted by molar-refractivity contribution is -0.144. The monoisotopic (exact) mass is 530 g/mol. The van der Waals surface area contributed by atoms with Gasteiger partial charge in [0.1, 0.15) is 23.4 Å². The van der Waals surface area contributed by atoms with Crippen molar-refractivity contribution >= 4 is 23.8 Å². The van der Waals surface area contributed by atoms with E-state index in [4.69, 9.17) is 10.5 Å². The highest BCUT2D eigenvalue weighted by Crippen LogP contribution is 2.41. The molecule has 0 saturated heterocycles. The van der Waals surface area contributed by atoms with E-state index in [1.807, 2.05) is 6.92 Å². The summed E-state index contributed by atoms with van der Waals surface area (Å²) in [5.74, 6) is -1.33. The topological polar surface area (TPSA) is 151 Å². The molecule has 3 rings (SSSR count). The van der Waals surface area contributed by atoms with Crippen LogP contribution in [0.4, 0.5) is 4.79 Å². The van der Waals surface area contributed by atoms with Crippen molar-refractivity contribution in [3.05, 3.63) is 29.8 Å². The van der Waals surface area contributed by atoms with Crippen LogP contribution in [-0.4, -0.2) is 57.5 Å². The Bertz CT molecular complexity index is 1020. The Hall–Kier alpha value is -3.30. The van der Waals surface area contributed by atoms with Crippen LogP contribution >= 0.6 is 0 Å². The van der Waals surface area contributed by atoms with E-state index in [-0.39, 0.29) is 42.5 Å². The molecule has 2 fully saturated rings. The fourth-order valence-electron chi connectivity index (χ4n) is 5.01. The van der Waals surface area contributed by atoms with Gasteiger partial charge in [-0.1, -0.05) is 38.3 Å². The summed E-state index contributed by atoms with van der Waals surface area (Å²) in [6.45, 7) is 7.11. The first-order valence-corrected chi connectivity index (χ1v) is 13.5. The second-order valence-corrected chi connectivity index (χ2v) is 11.6. The molecule has 0 bridgehead atoms. The molecule has 0 aliphatic heterocycles. The first-order chi connectivity index (χ1) is 17.9. The third-order valence-corrected chi connectivity index (χ3v) is 7.01. The molecule has 4 atom stereocenters. The Balaban J connectivity index is 1.96. The number of carbonyl (C=O) groups excluding carboxylic acids is 4. The van der Waals surface area contributed by atoms with Crippen LogP contribution in [0, 0.1) is 5.92 Å². The summed E-state index contributed by atoms with van der Waals surface area (Å²) < 4.78 is 5.36. The van der Waals surface area contributed by atoms with E-state index in [2.05, 4.69) is 10.6 Å². The average molecular weight is 531 g/mol. The van der Waals surface area contributed by atoms with E-state index in [9.17, 15) is 24.3 Å². The van der Waals surface area contributed by atoms with E-state index in [0.717, 1.165) is 32.1 Å². The molecule has 10 heteroatoms. The highest BCUT2D eigenvalue weighted by Gasteiger charge is 2.48. The molecule has 1 aromatic rings. The third kappa shape index (κ3) is 8.36. The van der Waals surface area contributed by atoms with Crippen LogP contribution in [0.3, 0.4) is 0 Å². The zero-order chi connectivity index (χ0) is 28.0. The predicted molar refractivity (Wildman–Crippen MR) is 142 cm³/mol. The highest BCUT2D eigenvalue weighted by atomic mass is 16.6. The second-order valence-electron chi connectivity index (χ2n) is 11.6. The van der Waals surface area contributed by atoms with Crippen LogP contribution in [0.15, 0.2) is 24.3 Å². The lowest BCUT2D eigenvalue weighted by Crippen LogP contribution is -2.55. The SMILES string of the molecule is CC1CC1N(C(=O)C(CCC(N)=O)NC(=O)OC(C)(C)C)C(C(=O)NC1CCCCC1)c1cccc(O)c1. The number of phenols is 1. The number of hydrogen-bond donors (Lipinski definition) is 4. The maximum atomic E-state index is 14.1. The zero-order valence-corrected chi connectivity index (χ0v) is 22.9. The number of nitrogens with two attached hydrogens (primary N) is 1. The molecule has 0 radical (unpaired) electrons. The Morgan fingerprint density at radius 3 is 2.37 bits per heavy atom. The molecule has 0 aromatic heterocycles. The van der Waals surface area contributed by atoms with E-state index < -0.39 is 35.6 Å². The average Bonchev–Trinajstić information content (AvgIpc) is 3.54. The van der Waals surface area contributed by atoms with Crippen molar-refractivity contribution in [3.8, 4) is 5.75 Å². The maximum absolute atomic E-state index is 14.1. The number of carbonyl (C=O) groups is 4. The molecule has 0 heterocycles. The number of nitrogens with one attached hydrogen (secondary N) is 2. The second kappa shape index (κ2) is 12.5. The summed E-state index contributed by atoms with van der Waals surface area (Å²) in [7, 11) is 0. The molecule has 2 aliphatic carbocycles. The number of phenolic OH excluding ortho intramolecular Hbond substituents is 1. The first-order valence-electron chi connectivity index (χ1n) is 13.5. The van der Waals surface area contributed by atoms with Crippen LogP contribution in [0.5, 0.6) is 5.75 Å². The number of amides is 4. The lowest BCUT2D eigenvalue weighted by Gasteiger charge is -2.36. The summed E-state index contributed by atoms with van der Waals surface area (Å²) in [4.78, 5) is 53.7. The Kier molecular flexibility index (Phi) is 9.62. The fourth-order valence-corrected chi connectivity index (χ4v) is 5.01. The minimum atomic E-state index is -1.13. The quantitative estimate of drug-likeness (QED) is 0.364. The van der Waals surface area contributed by atoms with Crippen molar-refractivity contribution in [2.75, 3.05) is 0 Å². The number of aromatic hydroxyl groups is 1. The number of alkyl carbamates (subject to hydrolysis) is 1. The number of rotatable bonds is 10. The molecule has 38 heavy (non-hydrogen) atoms. The van der Waals surface area contributed by atoms with Crippen molar-refractivity contribution in [2.24, 2.45) is 11.7 Å². The minimum Gasteiger partial charge on any atom is -0.508 e. The third-order valence-electron chi connectivity index (χ3n) is 7.01. The first kappa shape index (κ1) is 29.3. The van der Waals surface area contributed by atoms with Crippen LogP contribution in [-0.2, 0) is 19.1 Å². The standard InChI is InChI=1S/C28H42N4O6/c1-17-15-22(17)32(26(36)21(13-14-23(29)34)31-27(37)38-28(2,3)4)24(18-9-8-12-20(33)16-18)25(35)30-19-10-6-5-7-11-19/h8-9,12,16-17,19,21-22,24,33H,5-7,10-11,13-15H2,1-4H3,(H2,29,34)(H,30,35)(H,31,37). The van der Waals surface area contributed by atoms with Gasteiger partial charge in [-0.25, -0.2) is 4.79 Å². The van der Waals surface area contributed by atoms with Crippen molar-refractivity contribution in [2.45, 2.75) is 109 Å². The van der Waals surface area contributed by atoms with E-state index in [1.165, 1.54) is 17.0 Å². The largest absolute Gasteiger partial charge is 0.508 e. The van der Waals surface area contributed by atoms with Gasteiger partial charge in [-0.3, -0.25) is 14.4 Å². The van der Waals surface area contributed by atoms with Crippen LogP contribution in [0.2, 0.25) is 0 Å². The van der Waals surface area contributed by atoms with E-state index in [0.29, 0.717) is 12.0 Å². The minimum absolute atomic E-state index is 0.00943. The van der Waals surface area contributed by atoms with Gasteiger partial charge in [-0.15, -0.1) is 0 Å². The van der Waals surface area contributed by atoms with Gasteiger partial charge in [0.2, 0.25) is 17.7 Å². The number of ether oxygens (including phenoxy) is 1. The number of benzene rings is 1. The molecule has 2 aliphatic rings. The zero-order valence-electron chi connectivity index (χ0n) is 22.9. The van der Waals surface area contributed by atoms with E-state index >= 15 is 0 Å². The van der Waals surface area contributed by atoms with Gasteiger partial charge in [0.25, 0.3) is 0 Å². The summed E-state index contributed by atoms with van der Waals surface area (Å²) in [5.41, 5.74) is 5.04. The predicted octanol–water partition coefficient (Wildman–Crippen LogP) is 3.28. The van der Waals surface area contributed by atoms with Gasteiger partial charge in [-0.05, 0) is 70.1 Å². The van der Waals surface area contributed by atoms with Crippen LogP contribution < -0.4 is 16.4 Å². The van der Waals surface area contributed by atoms with Gasteiger partial charge < -0.3 is 31.1 Å². The molecule has 210 valence electrons. The number of primary amides is 1. The Morgan fingerprint density at radius 2 is 1.82 bits per heavy atom. The van der Waals surface area contributed by atoms with Crippen LogP contribution in [0.1, 0.15) is 90.7 Å². The van der Waals surface area contributed by atoms with Crippen molar-refractivity contribution in [3.63, 3.8) is 0 Å². The Labute approximate surface area is 224 Å². The molecule has 0 spiro atoms. The van der Waals surface area contributed by atoms with Crippen LogP contribution in [0.25, 0.3) is 0 Å². The normalized spacial score (nSPS) is 21.1. The molecular formula is C28H42N4O6. The summed E-state index contributed by atoms with van der Waals surface area (Å²) in [6.07, 6.45) is 4.63. The lowest BCUT2D eigenvalue weighted by atomic mass is 9.94. The molecule has 2 saturated carbocycles. The molecule has 10 nitrogen and oxygen atoms in total. The van der Waals surface area contributed by atoms with Crippen molar-refractivity contribution in [1.29, 1.82) is 0 Å².